The van der Waals surface area contributed by atoms with Crippen molar-refractivity contribution in [2.75, 3.05) is 0 Å². The normalized spacial score (nSPS) is 10.4. The molecule has 1 amide bonds. The summed E-state index contributed by atoms with van der Waals surface area (Å²) in [5, 5.41) is 0.571. The average molecular weight is 190 g/mol. The van der Waals surface area contributed by atoms with Gasteiger partial charge in [-0.25, -0.2) is 4.39 Å². The molecule has 0 atom stereocenters. The summed E-state index contributed by atoms with van der Waals surface area (Å²) in [5.41, 5.74) is 5.99. The first-order valence-corrected chi connectivity index (χ1v) is 4.02. The summed E-state index contributed by atoms with van der Waals surface area (Å²) >= 11 is 0. The molecule has 1 heterocycles. The molecule has 0 fully saturated rings. The van der Waals surface area contributed by atoms with Crippen molar-refractivity contribution in [2.45, 2.75) is 0 Å². The van der Waals surface area contributed by atoms with Crippen molar-refractivity contribution in [2.24, 2.45) is 5.73 Å². The molecule has 0 aliphatic rings. The largest absolute Gasteiger partial charge is 0.366 e. The number of hydrogen-bond acceptors (Lipinski definition) is 2. The van der Waals surface area contributed by atoms with E-state index in [2.05, 4.69) is 4.98 Å². The molecular weight excluding hydrogens is 183 g/mol. The SMILES string of the molecule is NC(=O)c1cnc2ccc(F)cc2c1. The molecule has 0 saturated carbocycles. The number of halogens is 1. The fraction of sp³-hybridized carbons (Fsp3) is 0. The number of rotatable bonds is 1. The number of nitrogens with two attached hydrogens (primary N) is 1. The third-order valence-electron chi connectivity index (χ3n) is 1.93. The topological polar surface area (TPSA) is 56.0 Å². The van der Waals surface area contributed by atoms with Crippen LogP contribution in [0.3, 0.4) is 0 Å². The van der Waals surface area contributed by atoms with Gasteiger partial charge in [0.15, 0.2) is 0 Å². The molecule has 3 nitrogen and oxygen atoms in total. The van der Waals surface area contributed by atoms with Crippen LogP contribution in [-0.4, -0.2) is 10.9 Å². The van der Waals surface area contributed by atoms with E-state index in [0.717, 1.165) is 0 Å². The van der Waals surface area contributed by atoms with E-state index in [1.54, 1.807) is 6.07 Å². The molecule has 2 N–H and O–H groups in total. The van der Waals surface area contributed by atoms with Gasteiger partial charge in [-0.15, -0.1) is 0 Å². The Kier molecular flexibility index (Phi) is 1.89. The molecule has 1 aromatic carbocycles. The Morgan fingerprint density at radius 3 is 2.86 bits per heavy atom. The predicted molar refractivity (Wildman–Crippen MR) is 50.2 cm³/mol. The number of amides is 1. The number of carbonyl (C=O) groups is 1. The van der Waals surface area contributed by atoms with Crippen LogP contribution in [0.1, 0.15) is 10.4 Å². The first kappa shape index (κ1) is 8.62. The standard InChI is InChI=1S/C10H7FN2O/c11-8-1-2-9-6(4-8)3-7(5-13-9)10(12)14/h1-5H,(H2,12,14). The molecule has 4 heteroatoms. The molecule has 0 bridgehead atoms. The number of carbonyl (C=O) groups excluding carboxylic acids is 1. The molecule has 0 spiro atoms. The van der Waals surface area contributed by atoms with Crippen LogP contribution < -0.4 is 5.73 Å². The van der Waals surface area contributed by atoms with E-state index in [4.69, 9.17) is 5.73 Å². The average Bonchev–Trinajstić information content (AvgIpc) is 2.16. The highest BCUT2D eigenvalue weighted by atomic mass is 19.1. The van der Waals surface area contributed by atoms with Crippen molar-refractivity contribution >= 4 is 16.8 Å². The first-order chi connectivity index (χ1) is 6.66. The fourth-order valence-corrected chi connectivity index (χ4v) is 1.24. The number of fused-ring (bicyclic) bond motifs is 1. The number of hydrogen-bond donors (Lipinski definition) is 1. The van der Waals surface area contributed by atoms with E-state index < -0.39 is 5.91 Å². The number of nitrogens with zero attached hydrogens (tertiary/aromatic N) is 1. The zero-order valence-corrected chi connectivity index (χ0v) is 7.20. The van der Waals surface area contributed by atoms with Crippen LogP contribution in [0.2, 0.25) is 0 Å². The lowest BCUT2D eigenvalue weighted by molar-refractivity contribution is 0.1000. The zero-order chi connectivity index (χ0) is 10.1. The number of aromatic nitrogens is 1. The highest BCUT2D eigenvalue weighted by molar-refractivity contribution is 5.96. The zero-order valence-electron chi connectivity index (χ0n) is 7.20. The van der Waals surface area contributed by atoms with Gasteiger partial charge in [-0.2, -0.15) is 0 Å². The quantitative estimate of drug-likeness (QED) is 0.740. The number of benzene rings is 1. The van der Waals surface area contributed by atoms with Crippen LogP contribution in [0.25, 0.3) is 10.9 Å². The van der Waals surface area contributed by atoms with Crippen molar-refractivity contribution in [1.82, 2.24) is 4.98 Å². The summed E-state index contributed by atoms with van der Waals surface area (Å²) in [6.07, 6.45) is 1.38. The third kappa shape index (κ3) is 1.42. The van der Waals surface area contributed by atoms with Crippen LogP contribution in [0.15, 0.2) is 30.5 Å². The second-order valence-electron chi connectivity index (χ2n) is 2.93. The number of pyridine rings is 1. The third-order valence-corrected chi connectivity index (χ3v) is 1.93. The van der Waals surface area contributed by atoms with Crippen LogP contribution in [0.5, 0.6) is 0 Å². The van der Waals surface area contributed by atoms with Gasteiger partial charge < -0.3 is 5.73 Å². The van der Waals surface area contributed by atoms with Crippen molar-refractivity contribution < 1.29 is 9.18 Å². The lowest BCUT2D eigenvalue weighted by Gasteiger charge is -1.99. The molecule has 1 aromatic heterocycles. The highest BCUT2D eigenvalue weighted by Crippen LogP contribution is 2.14. The Bertz CT molecular complexity index is 510. The van der Waals surface area contributed by atoms with Gasteiger partial charge in [0, 0.05) is 11.6 Å². The summed E-state index contributed by atoms with van der Waals surface area (Å²) in [5.74, 6) is -0.926. The lowest BCUT2D eigenvalue weighted by atomic mass is 10.1. The van der Waals surface area contributed by atoms with Crippen LogP contribution in [0, 0.1) is 5.82 Å². The summed E-state index contributed by atoms with van der Waals surface area (Å²) in [6.45, 7) is 0. The van der Waals surface area contributed by atoms with Crippen LogP contribution in [-0.2, 0) is 0 Å². The highest BCUT2D eigenvalue weighted by Gasteiger charge is 2.03. The van der Waals surface area contributed by atoms with Crippen LogP contribution >= 0.6 is 0 Å². The second kappa shape index (κ2) is 3.06. The van der Waals surface area contributed by atoms with E-state index >= 15 is 0 Å². The Morgan fingerprint density at radius 1 is 1.36 bits per heavy atom. The Hall–Kier alpha value is -1.97. The smallest absolute Gasteiger partial charge is 0.250 e. The molecule has 0 radical (unpaired) electrons. The fourth-order valence-electron chi connectivity index (χ4n) is 1.24. The minimum Gasteiger partial charge on any atom is -0.366 e. The van der Waals surface area contributed by atoms with Crippen molar-refractivity contribution in [1.29, 1.82) is 0 Å². The maximum atomic E-state index is 12.8. The molecule has 2 rings (SSSR count). The van der Waals surface area contributed by atoms with E-state index in [1.807, 2.05) is 0 Å². The number of primary amides is 1. The molecule has 70 valence electrons. The van der Waals surface area contributed by atoms with Gasteiger partial charge in [-0.1, -0.05) is 0 Å². The van der Waals surface area contributed by atoms with Gasteiger partial charge >= 0.3 is 0 Å². The summed E-state index contributed by atoms with van der Waals surface area (Å²) in [7, 11) is 0. The van der Waals surface area contributed by atoms with Crippen molar-refractivity contribution in [3.63, 3.8) is 0 Å². The van der Waals surface area contributed by atoms with Gasteiger partial charge in [0.05, 0.1) is 11.1 Å². The van der Waals surface area contributed by atoms with Crippen LogP contribution in [0.4, 0.5) is 4.39 Å². The molecule has 14 heavy (non-hydrogen) atoms. The van der Waals surface area contributed by atoms with Crippen molar-refractivity contribution in [3.05, 3.63) is 41.8 Å². The molecule has 2 aromatic rings. The monoisotopic (exact) mass is 190 g/mol. The van der Waals surface area contributed by atoms with Crippen molar-refractivity contribution in [3.8, 4) is 0 Å². The minimum absolute atomic E-state index is 0.281. The molecule has 0 aliphatic heterocycles. The Labute approximate surface area is 79.4 Å². The summed E-state index contributed by atoms with van der Waals surface area (Å²) in [4.78, 5) is 14.8. The maximum absolute atomic E-state index is 12.8. The molecule has 0 unspecified atom stereocenters. The van der Waals surface area contributed by atoms with Gasteiger partial charge in [-0.3, -0.25) is 9.78 Å². The Morgan fingerprint density at radius 2 is 2.14 bits per heavy atom. The van der Waals surface area contributed by atoms with E-state index in [1.165, 1.54) is 24.4 Å². The van der Waals surface area contributed by atoms with Gasteiger partial charge in [0.25, 0.3) is 0 Å². The maximum Gasteiger partial charge on any atom is 0.250 e. The van der Waals surface area contributed by atoms with E-state index in [-0.39, 0.29) is 11.4 Å². The predicted octanol–water partition coefficient (Wildman–Crippen LogP) is 1.47. The summed E-state index contributed by atoms with van der Waals surface area (Å²) in [6, 6.07) is 5.71. The second-order valence-corrected chi connectivity index (χ2v) is 2.93. The van der Waals surface area contributed by atoms with Gasteiger partial charge in [0.1, 0.15) is 5.82 Å². The first-order valence-electron chi connectivity index (χ1n) is 4.02. The van der Waals surface area contributed by atoms with Gasteiger partial charge in [-0.05, 0) is 24.3 Å². The van der Waals surface area contributed by atoms with E-state index in [0.29, 0.717) is 10.9 Å². The minimum atomic E-state index is -0.566. The van der Waals surface area contributed by atoms with Gasteiger partial charge in [0.2, 0.25) is 5.91 Å². The molecule has 0 saturated heterocycles. The summed E-state index contributed by atoms with van der Waals surface area (Å²) < 4.78 is 12.8. The Balaban J connectivity index is 2.69. The molecule has 0 aliphatic carbocycles. The van der Waals surface area contributed by atoms with E-state index in [9.17, 15) is 9.18 Å². The molecular formula is C10H7FN2O. The lowest BCUT2D eigenvalue weighted by Crippen LogP contribution is -2.10.